The molecule has 0 unspecified atom stereocenters. The Hall–Kier alpha value is -3.93. The molecule has 3 aromatic rings. The summed E-state index contributed by atoms with van der Waals surface area (Å²) in [5, 5.41) is 8.33. The number of amides is 3. The quantitative estimate of drug-likeness (QED) is 0.604. The van der Waals surface area contributed by atoms with Crippen LogP contribution in [0.3, 0.4) is 0 Å². The highest BCUT2D eigenvalue weighted by atomic mass is 16.2. The minimum Gasteiger partial charge on any atom is -0.326 e. The summed E-state index contributed by atoms with van der Waals surface area (Å²) in [6.45, 7) is 3.30. The van der Waals surface area contributed by atoms with Gasteiger partial charge in [-0.1, -0.05) is 24.3 Å². The fourth-order valence-corrected chi connectivity index (χ4v) is 2.73. The van der Waals surface area contributed by atoms with Crippen LogP contribution in [0.1, 0.15) is 33.2 Å². The minimum atomic E-state index is -0.299. The highest BCUT2D eigenvalue weighted by Gasteiger charge is 2.12. The van der Waals surface area contributed by atoms with Crippen molar-refractivity contribution in [1.82, 2.24) is 0 Å². The standard InChI is InChI=1S/C23H21N3O3/c1-15-8-9-18(14-21(15)26-22(28)17-6-4-3-5-7-17)23(29)25-20-12-10-19(11-13-20)24-16(2)27/h3-14H,1-2H3,(H,24,27)(H,25,29)(H,26,28). The molecule has 0 saturated carbocycles. The SMILES string of the molecule is CC(=O)Nc1ccc(NC(=O)c2ccc(C)c(NC(=O)c3ccccc3)c2)cc1. The van der Waals surface area contributed by atoms with Crippen molar-refractivity contribution in [3.8, 4) is 0 Å². The van der Waals surface area contributed by atoms with Crippen molar-refractivity contribution in [1.29, 1.82) is 0 Å². The average Bonchev–Trinajstić information content (AvgIpc) is 2.71. The summed E-state index contributed by atoms with van der Waals surface area (Å²) in [5.74, 6) is -0.696. The molecular formula is C23H21N3O3. The molecule has 0 aliphatic carbocycles. The molecule has 0 aliphatic heterocycles. The number of aryl methyl sites for hydroxylation is 1. The predicted molar refractivity (Wildman–Crippen MR) is 114 cm³/mol. The van der Waals surface area contributed by atoms with E-state index in [-0.39, 0.29) is 17.7 Å². The average molecular weight is 387 g/mol. The number of benzene rings is 3. The summed E-state index contributed by atoms with van der Waals surface area (Å²) in [6, 6.07) is 20.8. The Balaban J connectivity index is 1.72. The first-order chi connectivity index (χ1) is 13.9. The molecule has 3 aromatic carbocycles. The van der Waals surface area contributed by atoms with Gasteiger partial charge in [0.15, 0.2) is 0 Å². The van der Waals surface area contributed by atoms with Gasteiger partial charge in [0.05, 0.1) is 0 Å². The fraction of sp³-hybridized carbons (Fsp3) is 0.0870. The molecule has 0 spiro atoms. The first-order valence-corrected chi connectivity index (χ1v) is 9.08. The second-order valence-corrected chi connectivity index (χ2v) is 6.56. The Morgan fingerprint density at radius 3 is 1.86 bits per heavy atom. The molecule has 0 atom stereocenters. The normalized spacial score (nSPS) is 10.1. The van der Waals surface area contributed by atoms with Gasteiger partial charge in [-0.15, -0.1) is 0 Å². The largest absolute Gasteiger partial charge is 0.326 e. The summed E-state index contributed by atoms with van der Waals surface area (Å²) in [7, 11) is 0. The third-order valence-electron chi connectivity index (χ3n) is 4.25. The summed E-state index contributed by atoms with van der Waals surface area (Å²) >= 11 is 0. The van der Waals surface area contributed by atoms with Crippen LogP contribution in [0, 0.1) is 6.92 Å². The molecule has 0 radical (unpaired) electrons. The zero-order valence-electron chi connectivity index (χ0n) is 16.2. The lowest BCUT2D eigenvalue weighted by Crippen LogP contribution is -2.15. The molecule has 3 amide bonds. The maximum absolute atomic E-state index is 12.6. The van der Waals surface area contributed by atoms with Gasteiger partial charge in [-0.2, -0.15) is 0 Å². The van der Waals surface area contributed by atoms with E-state index in [4.69, 9.17) is 0 Å². The topological polar surface area (TPSA) is 87.3 Å². The molecule has 3 rings (SSSR count). The molecule has 6 nitrogen and oxygen atoms in total. The first kappa shape index (κ1) is 19.8. The van der Waals surface area contributed by atoms with Gasteiger partial charge in [-0.25, -0.2) is 0 Å². The van der Waals surface area contributed by atoms with Gasteiger partial charge in [-0.3, -0.25) is 14.4 Å². The fourth-order valence-electron chi connectivity index (χ4n) is 2.73. The number of carbonyl (C=O) groups is 3. The van der Waals surface area contributed by atoms with Gasteiger partial charge in [-0.05, 0) is 61.0 Å². The molecule has 0 bridgehead atoms. The van der Waals surface area contributed by atoms with E-state index in [1.54, 1.807) is 66.7 Å². The summed E-state index contributed by atoms with van der Waals surface area (Å²) < 4.78 is 0. The summed E-state index contributed by atoms with van der Waals surface area (Å²) in [6.07, 6.45) is 0. The summed E-state index contributed by atoms with van der Waals surface area (Å²) in [4.78, 5) is 36.1. The van der Waals surface area contributed by atoms with Crippen LogP contribution in [0.15, 0.2) is 72.8 Å². The van der Waals surface area contributed by atoms with E-state index in [0.29, 0.717) is 28.2 Å². The van der Waals surface area contributed by atoms with Crippen LogP contribution in [-0.2, 0) is 4.79 Å². The van der Waals surface area contributed by atoms with E-state index in [1.807, 2.05) is 13.0 Å². The zero-order chi connectivity index (χ0) is 20.8. The Labute approximate surface area is 169 Å². The molecule has 6 heteroatoms. The number of hydrogen-bond donors (Lipinski definition) is 3. The molecular weight excluding hydrogens is 366 g/mol. The molecule has 146 valence electrons. The van der Waals surface area contributed by atoms with Crippen LogP contribution in [0.5, 0.6) is 0 Å². The number of rotatable bonds is 5. The van der Waals surface area contributed by atoms with Gasteiger partial charge in [0.2, 0.25) is 5.91 Å². The number of nitrogens with one attached hydrogen (secondary N) is 3. The van der Waals surface area contributed by atoms with Crippen molar-refractivity contribution < 1.29 is 14.4 Å². The maximum Gasteiger partial charge on any atom is 0.255 e. The minimum absolute atomic E-state index is 0.161. The van der Waals surface area contributed by atoms with E-state index in [2.05, 4.69) is 16.0 Å². The van der Waals surface area contributed by atoms with Gasteiger partial charge < -0.3 is 16.0 Å². The predicted octanol–water partition coefficient (Wildman–Crippen LogP) is 4.46. The Morgan fingerprint density at radius 2 is 1.24 bits per heavy atom. The van der Waals surface area contributed by atoms with Crippen LogP contribution in [0.25, 0.3) is 0 Å². The van der Waals surface area contributed by atoms with E-state index in [9.17, 15) is 14.4 Å². The molecule has 0 heterocycles. The van der Waals surface area contributed by atoms with Crippen molar-refractivity contribution in [2.75, 3.05) is 16.0 Å². The van der Waals surface area contributed by atoms with Gasteiger partial charge in [0, 0.05) is 35.1 Å². The zero-order valence-corrected chi connectivity index (χ0v) is 16.2. The Bertz CT molecular complexity index is 1040. The van der Waals surface area contributed by atoms with Crippen molar-refractivity contribution in [3.05, 3.63) is 89.5 Å². The van der Waals surface area contributed by atoms with E-state index in [0.717, 1.165) is 5.56 Å². The lowest BCUT2D eigenvalue weighted by Gasteiger charge is -2.11. The van der Waals surface area contributed by atoms with Gasteiger partial charge >= 0.3 is 0 Å². The third kappa shape index (κ3) is 5.29. The second kappa shape index (κ2) is 8.84. The molecule has 0 fully saturated rings. The van der Waals surface area contributed by atoms with Crippen LogP contribution >= 0.6 is 0 Å². The van der Waals surface area contributed by atoms with E-state index < -0.39 is 0 Å². The molecule has 0 aromatic heterocycles. The second-order valence-electron chi connectivity index (χ2n) is 6.56. The smallest absolute Gasteiger partial charge is 0.255 e. The first-order valence-electron chi connectivity index (χ1n) is 9.08. The molecule has 0 saturated heterocycles. The van der Waals surface area contributed by atoms with Crippen molar-refractivity contribution in [2.24, 2.45) is 0 Å². The van der Waals surface area contributed by atoms with Crippen LogP contribution < -0.4 is 16.0 Å². The lowest BCUT2D eigenvalue weighted by molar-refractivity contribution is -0.114. The highest BCUT2D eigenvalue weighted by molar-refractivity contribution is 6.07. The summed E-state index contributed by atoms with van der Waals surface area (Å²) in [5.41, 5.74) is 3.64. The van der Waals surface area contributed by atoms with Crippen molar-refractivity contribution in [3.63, 3.8) is 0 Å². The number of carbonyl (C=O) groups excluding carboxylic acids is 3. The maximum atomic E-state index is 12.6. The van der Waals surface area contributed by atoms with Gasteiger partial charge in [0.1, 0.15) is 0 Å². The third-order valence-corrected chi connectivity index (χ3v) is 4.25. The lowest BCUT2D eigenvalue weighted by atomic mass is 10.1. The van der Waals surface area contributed by atoms with Crippen LogP contribution in [0.4, 0.5) is 17.1 Å². The Kier molecular flexibility index (Phi) is 6.04. The van der Waals surface area contributed by atoms with E-state index in [1.165, 1.54) is 6.92 Å². The highest BCUT2D eigenvalue weighted by Crippen LogP contribution is 2.20. The van der Waals surface area contributed by atoms with Crippen LogP contribution in [0.2, 0.25) is 0 Å². The van der Waals surface area contributed by atoms with Crippen LogP contribution in [-0.4, -0.2) is 17.7 Å². The van der Waals surface area contributed by atoms with Gasteiger partial charge in [0.25, 0.3) is 11.8 Å². The number of hydrogen-bond acceptors (Lipinski definition) is 3. The Morgan fingerprint density at radius 1 is 0.655 bits per heavy atom. The number of anilines is 3. The van der Waals surface area contributed by atoms with Crippen molar-refractivity contribution in [2.45, 2.75) is 13.8 Å². The molecule has 29 heavy (non-hydrogen) atoms. The van der Waals surface area contributed by atoms with E-state index >= 15 is 0 Å². The molecule has 3 N–H and O–H groups in total. The van der Waals surface area contributed by atoms with Crippen molar-refractivity contribution >= 4 is 34.8 Å². The molecule has 0 aliphatic rings. The monoisotopic (exact) mass is 387 g/mol.